The third kappa shape index (κ3) is 2.36. The van der Waals surface area contributed by atoms with E-state index in [0.717, 1.165) is 19.3 Å². The summed E-state index contributed by atoms with van der Waals surface area (Å²) in [4.78, 5) is 0. The van der Waals surface area contributed by atoms with Gasteiger partial charge in [0.15, 0.2) is 0 Å². The monoisotopic (exact) mass is 190 g/mol. The molecule has 0 aliphatic heterocycles. The van der Waals surface area contributed by atoms with E-state index in [-0.39, 0.29) is 6.10 Å². The zero-order valence-corrected chi connectivity index (χ0v) is 8.52. The Morgan fingerprint density at radius 2 is 1.71 bits per heavy atom. The van der Waals surface area contributed by atoms with Crippen molar-refractivity contribution >= 4 is 0 Å². The fraction of sp³-hybridized carbons (Fsp3) is 0.538. The van der Waals surface area contributed by atoms with E-state index in [4.69, 9.17) is 0 Å². The van der Waals surface area contributed by atoms with Gasteiger partial charge >= 0.3 is 0 Å². The SMILES string of the molecule is OC1CCCC(c2ccccc2)CC1. The summed E-state index contributed by atoms with van der Waals surface area (Å²) >= 11 is 0. The van der Waals surface area contributed by atoms with Crippen molar-refractivity contribution in [3.05, 3.63) is 35.9 Å². The second-order valence-electron chi connectivity index (χ2n) is 4.27. The zero-order valence-electron chi connectivity index (χ0n) is 8.52. The van der Waals surface area contributed by atoms with Crippen LogP contribution in [-0.4, -0.2) is 11.2 Å². The molecule has 0 bridgehead atoms. The molecule has 0 spiro atoms. The smallest absolute Gasteiger partial charge is 0.0540 e. The lowest BCUT2D eigenvalue weighted by Crippen LogP contribution is -2.03. The van der Waals surface area contributed by atoms with Crippen LogP contribution in [0.5, 0.6) is 0 Å². The summed E-state index contributed by atoms with van der Waals surface area (Å²) in [6, 6.07) is 10.7. The molecule has 1 saturated carbocycles. The minimum atomic E-state index is -0.0521. The minimum absolute atomic E-state index is 0.0521. The van der Waals surface area contributed by atoms with Gasteiger partial charge in [-0.05, 0) is 37.2 Å². The molecule has 2 unspecified atom stereocenters. The van der Waals surface area contributed by atoms with Gasteiger partial charge in [-0.1, -0.05) is 36.8 Å². The van der Waals surface area contributed by atoms with E-state index >= 15 is 0 Å². The first-order valence-electron chi connectivity index (χ1n) is 5.59. The van der Waals surface area contributed by atoms with Crippen LogP contribution in [0.2, 0.25) is 0 Å². The first-order chi connectivity index (χ1) is 6.86. The Morgan fingerprint density at radius 3 is 2.50 bits per heavy atom. The molecule has 0 radical (unpaired) electrons. The van der Waals surface area contributed by atoms with Gasteiger partial charge in [-0.2, -0.15) is 0 Å². The van der Waals surface area contributed by atoms with Crippen LogP contribution in [0.3, 0.4) is 0 Å². The maximum atomic E-state index is 9.55. The second-order valence-corrected chi connectivity index (χ2v) is 4.27. The number of aliphatic hydroxyl groups excluding tert-OH is 1. The number of hydrogen-bond donors (Lipinski definition) is 1. The molecule has 14 heavy (non-hydrogen) atoms. The van der Waals surface area contributed by atoms with Gasteiger partial charge in [-0.3, -0.25) is 0 Å². The molecule has 1 aliphatic carbocycles. The predicted octanol–water partition coefficient (Wildman–Crippen LogP) is 3.10. The van der Waals surface area contributed by atoms with Crippen LogP contribution in [0, 0.1) is 0 Å². The highest BCUT2D eigenvalue weighted by Crippen LogP contribution is 2.31. The van der Waals surface area contributed by atoms with E-state index in [1.54, 1.807) is 0 Å². The van der Waals surface area contributed by atoms with Crippen LogP contribution < -0.4 is 0 Å². The van der Waals surface area contributed by atoms with Crippen LogP contribution in [0.15, 0.2) is 30.3 Å². The summed E-state index contributed by atoms with van der Waals surface area (Å²) in [5, 5.41) is 9.55. The Hall–Kier alpha value is -0.820. The molecule has 1 aliphatic rings. The Labute approximate surface area is 85.8 Å². The van der Waals surface area contributed by atoms with Crippen molar-refractivity contribution in [1.82, 2.24) is 0 Å². The first-order valence-corrected chi connectivity index (χ1v) is 5.59. The molecule has 0 aromatic heterocycles. The molecule has 1 N–H and O–H groups in total. The summed E-state index contributed by atoms with van der Waals surface area (Å²) in [7, 11) is 0. The largest absolute Gasteiger partial charge is 0.393 e. The highest BCUT2D eigenvalue weighted by molar-refractivity contribution is 5.19. The second kappa shape index (κ2) is 4.61. The maximum absolute atomic E-state index is 9.55. The van der Waals surface area contributed by atoms with Crippen molar-refractivity contribution in [2.75, 3.05) is 0 Å². The fourth-order valence-electron chi connectivity index (χ4n) is 2.34. The van der Waals surface area contributed by atoms with Crippen LogP contribution in [0.1, 0.15) is 43.6 Å². The lowest BCUT2D eigenvalue weighted by molar-refractivity contribution is 0.157. The van der Waals surface area contributed by atoms with Crippen LogP contribution in [0.4, 0.5) is 0 Å². The normalized spacial score (nSPS) is 28.4. The maximum Gasteiger partial charge on any atom is 0.0540 e. The van der Waals surface area contributed by atoms with Gasteiger partial charge in [0.2, 0.25) is 0 Å². The highest BCUT2D eigenvalue weighted by Gasteiger charge is 2.17. The van der Waals surface area contributed by atoms with Crippen molar-refractivity contribution in [2.45, 2.75) is 44.1 Å². The third-order valence-electron chi connectivity index (χ3n) is 3.21. The van der Waals surface area contributed by atoms with Gasteiger partial charge in [0.1, 0.15) is 0 Å². The molecule has 2 rings (SSSR count). The van der Waals surface area contributed by atoms with Crippen molar-refractivity contribution in [3.63, 3.8) is 0 Å². The molecule has 0 heterocycles. The van der Waals surface area contributed by atoms with E-state index in [1.165, 1.54) is 18.4 Å². The quantitative estimate of drug-likeness (QED) is 0.675. The Bertz CT molecular complexity index is 268. The Kier molecular flexibility index (Phi) is 3.20. The molecule has 2 atom stereocenters. The average molecular weight is 190 g/mol. The molecular weight excluding hydrogens is 172 g/mol. The predicted molar refractivity (Wildman–Crippen MR) is 58.3 cm³/mol. The number of hydrogen-bond acceptors (Lipinski definition) is 1. The molecule has 1 fully saturated rings. The van der Waals surface area contributed by atoms with Gasteiger partial charge in [0.25, 0.3) is 0 Å². The van der Waals surface area contributed by atoms with Gasteiger partial charge in [-0.25, -0.2) is 0 Å². The lowest BCUT2D eigenvalue weighted by Gasteiger charge is -2.13. The van der Waals surface area contributed by atoms with Gasteiger partial charge in [-0.15, -0.1) is 0 Å². The fourth-order valence-corrected chi connectivity index (χ4v) is 2.34. The van der Waals surface area contributed by atoms with Crippen LogP contribution in [0.25, 0.3) is 0 Å². The number of benzene rings is 1. The van der Waals surface area contributed by atoms with Gasteiger partial charge in [0.05, 0.1) is 6.10 Å². The molecule has 1 aromatic carbocycles. The third-order valence-corrected chi connectivity index (χ3v) is 3.21. The van der Waals surface area contributed by atoms with E-state index in [9.17, 15) is 5.11 Å². The van der Waals surface area contributed by atoms with Crippen LogP contribution >= 0.6 is 0 Å². The van der Waals surface area contributed by atoms with Gasteiger partial charge in [0, 0.05) is 0 Å². The molecule has 0 saturated heterocycles. The molecule has 1 nitrogen and oxygen atoms in total. The molecule has 1 heteroatoms. The summed E-state index contributed by atoms with van der Waals surface area (Å²) < 4.78 is 0. The van der Waals surface area contributed by atoms with Crippen molar-refractivity contribution in [2.24, 2.45) is 0 Å². The summed E-state index contributed by atoms with van der Waals surface area (Å²) in [6.07, 6.45) is 5.46. The first kappa shape index (κ1) is 9.72. The van der Waals surface area contributed by atoms with Crippen molar-refractivity contribution in [3.8, 4) is 0 Å². The molecule has 1 aromatic rings. The topological polar surface area (TPSA) is 20.2 Å². The summed E-state index contributed by atoms with van der Waals surface area (Å²) in [5.41, 5.74) is 1.45. The summed E-state index contributed by atoms with van der Waals surface area (Å²) in [5.74, 6) is 0.674. The Morgan fingerprint density at radius 1 is 0.929 bits per heavy atom. The number of aliphatic hydroxyl groups is 1. The molecular formula is C13H18O. The molecule has 0 amide bonds. The van der Waals surface area contributed by atoms with E-state index in [2.05, 4.69) is 30.3 Å². The van der Waals surface area contributed by atoms with E-state index in [1.807, 2.05) is 0 Å². The number of rotatable bonds is 1. The van der Waals surface area contributed by atoms with E-state index in [0.29, 0.717) is 5.92 Å². The van der Waals surface area contributed by atoms with Crippen molar-refractivity contribution < 1.29 is 5.11 Å². The van der Waals surface area contributed by atoms with Crippen LogP contribution in [-0.2, 0) is 0 Å². The average Bonchev–Trinajstić information content (AvgIpc) is 2.44. The van der Waals surface area contributed by atoms with Crippen molar-refractivity contribution in [1.29, 1.82) is 0 Å². The Balaban J connectivity index is 2.04. The zero-order chi connectivity index (χ0) is 9.80. The van der Waals surface area contributed by atoms with Gasteiger partial charge < -0.3 is 5.11 Å². The minimum Gasteiger partial charge on any atom is -0.393 e. The molecule has 76 valence electrons. The standard InChI is InChI=1S/C13H18O/c14-13-8-4-7-12(9-10-13)11-5-2-1-3-6-11/h1-3,5-6,12-14H,4,7-10H2. The lowest BCUT2D eigenvalue weighted by atomic mass is 9.92. The van der Waals surface area contributed by atoms with E-state index < -0.39 is 0 Å². The summed E-state index contributed by atoms with van der Waals surface area (Å²) in [6.45, 7) is 0. The highest BCUT2D eigenvalue weighted by atomic mass is 16.3.